The minimum atomic E-state index is 0.345. The van der Waals surface area contributed by atoms with Gasteiger partial charge in [-0.3, -0.25) is 0 Å². The van der Waals surface area contributed by atoms with E-state index in [0.717, 1.165) is 34.0 Å². The van der Waals surface area contributed by atoms with Crippen molar-refractivity contribution in [1.29, 1.82) is 0 Å². The molecule has 0 aliphatic carbocycles. The van der Waals surface area contributed by atoms with Gasteiger partial charge in [0.25, 0.3) is 0 Å². The molecule has 3 heterocycles. The van der Waals surface area contributed by atoms with Gasteiger partial charge in [-0.05, 0) is 22.6 Å². The van der Waals surface area contributed by atoms with Gasteiger partial charge in [0, 0.05) is 6.07 Å². The quantitative estimate of drug-likeness (QED) is 0.782. The number of rotatable bonds is 2. The number of imidazole rings is 1. The van der Waals surface area contributed by atoms with Gasteiger partial charge in [0.2, 0.25) is 0 Å². The SMILES string of the molecule is COc1cc2ncc(I)n2nc1C1COC1. The molecule has 0 atom stereocenters. The standard InChI is InChI=1S/C10H10IN3O2/c1-15-7-2-9-12-3-8(11)14(9)13-10(7)6-4-16-5-6/h2-3,6H,4-5H2,1H3. The zero-order valence-electron chi connectivity index (χ0n) is 8.68. The number of nitrogens with zero attached hydrogens (tertiary/aromatic N) is 3. The van der Waals surface area contributed by atoms with Crippen LogP contribution in [0.5, 0.6) is 5.75 Å². The van der Waals surface area contributed by atoms with Crippen LogP contribution in [0.4, 0.5) is 0 Å². The second-order valence-corrected chi connectivity index (χ2v) is 4.79. The van der Waals surface area contributed by atoms with Gasteiger partial charge in [-0.2, -0.15) is 5.10 Å². The summed E-state index contributed by atoms with van der Waals surface area (Å²) in [5.74, 6) is 1.14. The first-order valence-electron chi connectivity index (χ1n) is 4.95. The Hall–Kier alpha value is -0.890. The van der Waals surface area contributed by atoms with Crippen molar-refractivity contribution < 1.29 is 9.47 Å². The van der Waals surface area contributed by atoms with E-state index in [1.165, 1.54) is 0 Å². The van der Waals surface area contributed by atoms with Crippen molar-refractivity contribution >= 4 is 28.2 Å². The fraction of sp³-hybridized carbons (Fsp3) is 0.400. The normalized spacial score (nSPS) is 16.4. The fourth-order valence-electron chi connectivity index (χ4n) is 1.72. The van der Waals surface area contributed by atoms with Gasteiger partial charge in [0.05, 0.1) is 32.4 Å². The molecular weight excluding hydrogens is 321 g/mol. The van der Waals surface area contributed by atoms with Crippen LogP contribution in [0.3, 0.4) is 0 Å². The number of hydrogen-bond acceptors (Lipinski definition) is 4. The lowest BCUT2D eigenvalue weighted by Crippen LogP contribution is -2.27. The van der Waals surface area contributed by atoms with E-state index in [0.29, 0.717) is 5.92 Å². The van der Waals surface area contributed by atoms with Gasteiger partial charge in [0.15, 0.2) is 5.65 Å². The Morgan fingerprint density at radius 2 is 2.38 bits per heavy atom. The van der Waals surface area contributed by atoms with Crippen LogP contribution in [0.15, 0.2) is 12.3 Å². The Labute approximate surface area is 106 Å². The highest BCUT2D eigenvalue weighted by Gasteiger charge is 2.26. The molecule has 2 aromatic rings. The molecule has 1 fully saturated rings. The Bertz CT molecular complexity index is 536. The molecule has 5 nitrogen and oxygen atoms in total. The largest absolute Gasteiger partial charge is 0.495 e. The van der Waals surface area contributed by atoms with E-state index in [2.05, 4.69) is 32.7 Å². The van der Waals surface area contributed by atoms with Crippen LogP contribution in [0.2, 0.25) is 0 Å². The first-order chi connectivity index (χ1) is 7.79. The van der Waals surface area contributed by atoms with Crippen molar-refractivity contribution in [3.05, 3.63) is 21.7 Å². The summed E-state index contributed by atoms with van der Waals surface area (Å²) >= 11 is 2.21. The van der Waals surface area contributed by atoms with Crippen LogP contribution in [-0.4, -0.2) is 34.9 Å². The Balaban J connectivity index is 2.19. The molecular formula is C10H10IN3O2. The Morgan fingerprint density at radius 1 is 1.56 bits per heavy atom. The number of hydrogen-bond donors (Lipinski definition) is 0. The van der Waals surface area contributed by atoms with Crippen LogP contribution < -0.4 is 4.74 Å². The van der Waals surface area contributed by atoms with E-state index in [-0.39, 0.29) is 0 Å². The van der Waals surface area contributed by atoms with E-state index in [1.807, 2.05) is 10.6 Å². The molecule has 0 N–H and O–H groups in total. The topological polar surface area (TPSA) is 48.7 Å². The van der Waals surface area contributed by atoms with Crippen molar-refractivity contribution in [2.24, 2.45) is 0 Å². The number of ether oxygens (including phenoxy) is 2. The highest BCUT2D eigenvalue weighted by molar-refractivity contribution is 14.1. The van der Waals surface area contributed by atoms with E-state index in [1.54, 1.807) is 13.3 Å². The van der Waals surface area contributed by atoms with Gasteiger partial charge in [-0.15, -0.1) is 0 Å². The summed E-state index contributed by atoms with van der Waals surface area (Å²) in [5.41, 5.74) is 1.77. The van der Waals surface area contributed by atoms with Crippen molar-refractivity contribution in [2.45, 2.75) is 5.92 Å². The van der Waals surface area contributed by atoms with Crippen molar-refractivity contribution in [3.63, 3.8) is 0 Å². The molecule has 6 heteroatoms. The molecule has 0 amide bonds. The number of halogens is 1. The fourth-order valence-corrected chi connectivity index (χ4v) is 2.22. The van der Waals surface area contributed by atoms with Gasteiger partial charge < -0.3 is 9.47 Å². The molecule has 0 bridgehead atoms. The van der Waals surface area contributed by atoms with E-state index in [4.69, 9.17) is 9.47 Å². The third-order valence-corrected chi connectivity index (χ3v) is 3.42. The van der Waals surface area contributed by atoms with Crippen molar-refractivity contribution in [2.75, 3.05) is 20.3 Å². The van der Waals surface area contributed by atoms with Gasteiger partial charge >= 0.3 is 0 Å². The Morgan fingerprint density at radius 3 is 3.00 bits per heavy atom. The third-order valence-electron chi connectivity index (χ3n) is 2.69. The third kappa shape index (κ3) is 1.47. The summed E-state index contributed by atoms with van der Waals surface area (Å²) in [6, 6.07) is 1.92. The summed E-state index contributed by atoms with van der Waals surface area (Å²) in [7, 11) is 1.66. The van der Waals surface area contributed by atoms with Crippen LogP contribution in [0.1, 0.15) is 11.6 Å². The van der Waals surface area contributed by atoms with Gasteiger partial charge in [0.1, 0.15) is 15.1 Å². The molecule has 0 radical (unpaired) electrons. The highest BCUT2D eigenvalue weighted by atomic mass is 127. The zero-order chi connectivity index (χ0) is 11.1. The monoisotopic (exact) mass is 331 g/mol. The predicted octanol–water partition coefficient (Wildman–Crippen LogP) is 1.46. The summed E-state index contributed by atoms with van der Waals surface area (Å²) in [6.45, 7) is 1.44. The van der Waals surface area contributed by atoms with Crippen molar-refractivity contribution in [3.8, 4) is 5.75 Å². The van der Waals surface area contributed by atoms with Crippen LogP contribution in [0.25, 0.3) is 5.65 Å². The van der Waals surface area contributed by atoms with Crippen molar-refractivity contribution in [1.82, 2.24) is 14.6 Å². The maximum absolute atomic E-state index is 5.35. The molecule has 1 aliphatic heterocycles. The number of aromatic nitrogens is 3. The molecule has 84 valence electrons. The first-order valence-corrected chi connectivity index (χ1v) is 6.03. The van der Waals surface area contributed by atoms with Gasteiger partial charge in [-0.25, -0.2) is 9.50 Å². The number of fused-ring (bicyclic) bond motifs is 1. The second kappa shape index (κ2) is 3.85. The summed E-state index contributed by atoms with van der Waals surface area (Å²) in [6.07, 6.45) is 1.80. The smallest absolute Gasteiger partial charge is 0.158 e. The highest BCUT2D eigenvalue weighted by Crippen LogP contribution is 2.30. The molecule has 16 heavy (non-hydrogen) atoms. The second-order valence-electron chi connectivity index (χ2n) is 3.68. The molecule has 1 aliphatic rings. The summed E-state index contributed by atoms with van der Waals surface area (Å²) in [4.78, 5) is 4.25. The lowest BCUT2D eigenvalue weighted by Gasteiger charge is -2.26. The molecule has 1 saturated heterocycles. The molecule has 3 rings (SSSR count). The zero-order valence-corrected chi connectivity index (χ0v) is 10.8. The molecule has 0 aromatic carbocycles. The molecule has 2 aromatic heterocycles. The maximum Gasteiger partial charge on any atom is 0.158 e. The molecule has 0 saturated carbocycles. The average molecular weight is 331 g/mol. The molecule has 0 spiro atoms. The summed E-state index contributed by atoms with van der Waals surface area (Å²) in [5, 5.41) is 4.57. The predicted molar refractivity (Wildman–Crippen MR) is 65.8 cm³/mol. The minimum Gasteiger partial charge on any atom is -0.495 e. The summed E-state index contributed by atoms with van der Waals surface area (Å²) < 4.78 is 13.4. The minimum absolute atomic E-state index is 0.345. The molecule has 0 unspecified atom stereocenters. The Kier molecular flexibility index (Phi) is 2.47. The van der Waals surface area contributed by atoms with Crippen LogP contribution in [-0.2, 0) is 4.74 Å². The van der Waals surface area contributed by atoms with E-state index >= 15 is 0 Å². The number of methoxy groups -OCH3 is 1. The maximum atomic E-state index is 5.35. The van der Waals surface area contributed by atoms with Gasteiger partial charge in [-0.1, -0.05) is 0 Å². The lowest BCUT2D eigenvalue weighted by molar-refractivity contribution is 0.00527. The van der Waals surface area contributed by atoms with Crippen LogP contribution in [0, 0.1) is 3.70 Å². The lowest BCUT2D eigenvalue weighted by atomic mass is 10.0. The van der Waals surface area contributed by atoms with Crippen LogP contribution >= 0.6 is 22.6 Å². The van der Waals surface area contributed by atoms with E-state index < -0.39 is 0 Å². The van der Waals surface area contributed by atoms with E-state index in [9.17, 15) is 0 Å². The first kappa shape index (κ1) is 10.3. The average Bonchev–Trinajstić information content (AvgIpc) is 2.57.